The van der Waals surface area contributed by atoms with E-state index in [9.17, 15) is 0 Å². The Hall–Kier alpha value is -0.860. The number of benzene rings is 1. The Labute approximate surface area is 118 Å². The number of methoxy groups -OCH3 is 1. The predicted octanol–water partition coefficient (Wildman–Crippen LogP) is 4.04. The average molecular weight is 263 g/mol. The molecule has 0 aliphatic rings. The fourth-order valence-corrected chi connectivity index (χ4v) is 2.29. The monoisotopic (exact) mass is 263 g/mol. The molecule has 0 aliphatic heterocycles. The van der Waals surface area contributed by atoms with E-state index in [4.69, 9.17) is 4.74 Å². The van der Waals surface area contributed by atoms with Crippen molar-refractivity contribution < 1.29 is 4.74 Å². The summed E-state index contributed by atoms with van der Waals surface area (Å²) < 4.78 is 5.20. The van der Waals surface area contributed by atoms with Crippen molar-refractivity contribution in [3.8, 4) is 0 Å². The Morgan fingerprint density at radius 3 is 2.32 bits per heavy atom. The lowest BCUT2D eigenvalue weighted by Gasteiger charge is -2.28. The van der Waals surface area contributed by atoms with Gasteiger partial charge in [0.15, 0.2) is 0 Å². The summed E-state index contributed by atoms with van der Waals surface area (Å²) in [5.74, 6) is 0.538. The topological polar surface area (TPSA) is 21.3 Å². The first-order valence-corrected chi connectivity index (χ1v) is 7.19. The molecule has 1 N–H and O–H groups in total. The second kappa shape index (κ2) is 7.66. The first kappa shape index (κ1) is 16.2. The maximum atomic E-state index is 5.20. The molecule has 0 aromatic heterocycles. The third-order valence-corrected chi connectivity index (χ3v) is 3.18. The molecule has 1 aromatic carbocycles. The molecule has 108 valence electrons. The van der Waals surface area contributed by atoms with Gasteiger partial charge in [-0.3, -0.25) is 0 Å². The van der Waals surface area contributed by atoms with Crippen molar-refractivity contribution in [1.29, 1.82) is 0 Å². The van der Waals surface area contributed by atoms with E-state index < -0.39 is 0 Å². The lowest BCUT2D eigenvalue weighted by molar-refractivity contribution is 0.155. The second-order valence-electron chi connectivity index (χ2n) is 6.70. The quantitative estimate of drug-likeness (QED) is 0.801. The summed E-state index contributed by atoms with van der Waals surface area (Å²) >= 11 is 0. The van der Waals surface area contributed by atoms with Crippen molar-refractivity contribution >= 4 is 0 Å². The van der Waals surface area contributed by atoms with Gasteiger partial charge >= 0.3 is 0 Å². The first-order valence-electron chi connectivity index (χ1n) is 7.19. The van der Waals surface area contributed by atoms with Crippen LogP contribution in [0.2, 0.25) is 0 Å². The standard InChI is InChI=1S/C17H29NO/c1-14(13-19-5)12-18-16(11-17(2,3)4)15-9-7-6-8-10-15/h6-10,14,16,18H,11-13H2,1-5H3. The third-order valence-electron chi connectivity index (χ3n) is 3.18. The number of nitrogens with one attached hydrogen (secondary N) is 1. The van der Waals surface area contributed by atoms with Gasteiger partial charge in [0, 0.05) is 26.3 Å². The van der Waals surface area contributed by atoms with Crippen LogP contribution in [0.4, 0.5) is 0 Å². The van der Waals surface area contributed by atoms with Gasteiger partial charge < -0.3 is 10.1 Å². The van der Waals surface area contributed by atoms with E-state index in [2.05, 4.69) is 63.3 Å². The molecule has 1 rings (SSSR count). The van der Waals surface area contributed by atoms with E-state index in [0.717, 1.165) is 19.6 Å². The summed E-state index contributed by atoms with van der Waals surface area (Å²) in [5, 5.41) is 3.70. The molecule has 0 bridgehead atoms. The van der Waals surface area contributed by atoms with Crippen LogP contribution in [0.5, 0.6) is 0 Å². The predicted molar refractivity (Wildman–Crippen MR) is 82.3 cm³/mol. The van der Waals surface area contributed by atoms with Gasteiger partial charge in [0.05, 0.1) is 0 Å². The molecular weight excluding hydrogens is 234 g/mol. The summed E-state index contributed by atoms with van der Waals surface area (Å²) in [4.78, 5) is 0. The molecule has 0 radical (unpaired) electrons. The van der Waals surface area contributed by atoms with Crippen molar-refractivity contribution in [1.82, 2.24) is 5.32 Å². The minimum Gasteiger partial charge on any atom is -0.384 e. The van der Waals surface area contributed by atoms with E-state index in [1.807, 2.05) is 0 Å². The highest BCUT2D eigenvalue weighted by Crippen LogP contribution is 2.29. The Bertz CT molecular complexity index is 342. The van der Waals surface area contributed by atoms with Crippen molar-refractivity contribution in [3.05, 3.63) is 35.9 Å². The first-order chi connectivity index (χ1) is 8.92. The zero-order valence-corrected chi connectivity index (χ0v) is 13.1. The highest BCUT2D eigenvalue weighted by Gasteiger charge is 2.20. The van der Waals surface area contributed by atoms with Crippen LogP contribution in [0.1, 0.15) is 45.7 Å². The van der Waals surface area contributed by atoms with Crippen LogP contribution in [0.3, 0.4) is 0 Å². The summed E-state index contributed by atoms with van der Waals surface area (Å²) in [6, 6.07) is 11.1. The van der Waals surface area contributed by atoms with Crippen LogP contribution in [-0.4, -0.2) is 20.3 Å². The fraction of sp³-hybridized carbons (Fsp3) is 0.647. The summed E-state index contributed by atoms with van der Waals surface area (Å²) in [6.07, 6.45) is 1.14. The molecule has 0 heterocycles. The van der Waals surface area contributed by atoms with Gasteiger partial charge in [-0.05, 0) is 23.3 Å². The number of hydrogen-bond acceptors (Lipinski definition) is 2. The average Bonchev–Trinajstić information content (AvgIpc) is 2.34. The maximum Gasteiger partial charge on any atom is 0.0499 e. The Morgan fingerprint density at radius 2 is 1.79 bits per heavy atom. The van der Waals surface area contributed by atoms with Crippen LogP contribution in [0.15, 0.2) is 30.3 Å². The smallest absolute Gasteiger partial charge is 0.0499 e. The molecule has 2 heteroatoms. The van der Waals surface area contributed by atoms with Crippen LogP contribution >= 0.6 is 0 Å². The molecular formula is C17H29NO. The Kier molecular flexibility index (Phi) is 6.53. The summed E-state index contributed by atoms with van der Waals surface area (Å²) in [5.41, 5.74) is 1.69. The number of hydrogen-bond donors (Lipinski definition) is 1. The molecule has 19 heavy (non-hydrogen) atoms. The van der Waals surface area contributed by atoms with Crippen molar-refractivity contribution in [2.75, 3.05) is 20.3 Å². The Balaban J connectivity index is 2.65. The van der Waals surface area contributed by atoms with Gasteiger partial charge in [-0.25, -0.2) is 0 Å². The SMILES string of the molecule is COCC(C)CNC(CC(C)(C)C)c1ccccc1. The van der Waals surface area contributed by atoms with E-state index in [-0.39, 0.29) is 0 Å². The zero-order chi connectivity index (χ0) is 14.3. The highest BCUT2D eigenvalue weighted by molar-refractivity contribution is 5.19. The molecule has 0 saturated heterocycles. The molecule has 0 spiro atoms. The molecule has 0 saturated carbocycles. The van der Waals surface area contributed by atoms with E-state index in [0.29, 0.717) is 17.4 Å². The molecule has 2 nitrogen and oxygen atoms in total. The fourth-order valence-electron chi connectivity index (χ4n) is 2.29. The minimum atomic E-state index is 0.317. The van der Waals surface area contributed by atoms with Crippen molar-refractivity contribution in [2.45, 2.75) is 40.2 Å². The molecule has 0 fully saturated rings. The number of ether oxygens (including phenoxy) is 1. The molecule has 2 atom stereocenters. The lowest BCUT2D eigenvalue weighted by atomic mass is 9.85. The minimum absolute atomic E-state index is 0.317. The van der Waals surface area contributed by atoms with Crippen molar-refractivity contribution in [2.24, 2.45) is 11.3 Å². The van der Waals surface area contributed by atoms with Gasteiger partial charge in [0.1, 0.15) is 0 Å². The van der Waals surface area contributed by atoms with Crippen molar-refractivity contribution in [3.63, 3.8) is 0 Å². The van der Waals surface area contributed by atoms with Crippen LogP contribution in [-0.2, 0) is 4.74 Å². The second-order valence-corrected chi connectivity index (χ2v) is 6.70. The molecule has 0 amide bonds. The van der Waals surface area contributed by atoms with E-state index >= 15 is 0 Å². The van der Waals surface area contributed by atoms with Gasteiger partial charge in [-0.2, -0.15) is 0 Å². The molecule has 2 unspecified atom stereocenters. The Morgan fingerprint density at radius 1 is 1.16 bits per heavy atom. The summed E-state index contributed by atoms with van der Waals surface area (Å²) in [6.45, 7) is 10.9. The third kappa shape index (κ3) is 6.74. The van der Waals surface area contributed by atoms with Gasteiger partial charge in [0.25, 0.3) is 0 Å². The van der Waals surface area contributed by atoms with E-state index in [1.54, 1.807) is 7.11 Å². The van der Waals surface area contributed by atoms with Crippen LogP contribution in [0.25, 0.3) is 0 Å². The van der Waals surface area contributed by atoms with Crippen LogP contribution in [0, 0.1) is 11.3 Å². The largest absolute Gasteiger partial charge is 0.384 e. The lowest BCUT2D eigenvalue weighted by Crippen LogP contribution is -2.30. The molecule has 0 aliphatic carbocycles. The summed E-state index contributed by atoms with van der Waals surface area (Å²) in [7, 11) is 1.76. The van der Waals surface area contributed by atoms with Gasteiger partial charge in [0.2, 0.25) is 0 Å². The highest BCUT2D eigenvalue weighted by atomic mass is 16.5. The maximum absolute atomic E-state index is 5.20. The van der Waals surface area contributed by atoms with E-state index in [1.165, 1.54) is 5.56 Å². The van der Waals surface area contributed by atoms with Crippen LogP contribution < -0.4 is 5.32 Å². The molecule has 1 aromatic rings. The van der Waals surface area contributed by atoms with Gasteiger partial charge in [-0.1, -0.05) is 58.0 Å². The number of rotatable bonds is 7. The zero-order valence-electron chi connectivity index (χ0n) is 13.1. The normalized spacial score (nSPS) is 15.2. The van der Waals surface area contributed by atoms with Gasteiger partial charge in [-0.15, -0.1) is 0 Å².